The zero-order valence-corrected chi connectivity index (χ0v) is 13.2. The molecule has 0 radical (unpaired) electrons. The van der Waals surface area contributed by atoms with Crippen LogP contribution in [0.1, 0.15) is 34.7 Å². The van der Waals surface area contributed by atoms with E-state index in [1.165, 1.54) is 0 Å². The first-order valence-electron chi connectivity index (χ1n) is 7.63. The maximum absolute atomic E-state index is 12.7. The van der Waals surface area contributed by atoms with Gasteiger partial charge in [-0.1, -0.05) is 48.5 Å². The average molecular weight is 305 g/mol. The Morgan fingerprint density at radius 1 is 1.04 bits per heavy atom. The van der Waals surface area contributed by atoms with Crippen molar-refractivity contribution in [3.63, 3.8) is 0 Å². The van der Waals surface area contributed by atoms with E-state index in [-0.39, 0.29) is 11.9 Å². The van der Waals surface area contributed by atoms with Gasteiger partial charge in [-0.3, -0.25) is 4.79 Å². The van der Waals surface area contributed by atoms with Gasteiger partial charge in [-0.2, -0.15) is 5.10 Å². The maximum atomic E-state index is 12.7. The van der Waals surface area contributed by atoms with Crippen molar-refractivity contribution in [2.45, 2.75) is 19.9 Å². The van der Waals surface area contributed by atoms with Crippen LogP contribution in [0.15, 0.2) is 66.7 Å². The van der Waals surface area contributed by atoms with Crippen molar-refractivity contribution in [3.05, 3.63) is 83.7 Å². The summed E-state index contributed by atoms with van der Waals surface area (Å²) in [6.45, 7) is 3.86. The molecule has 2 aromatic carbocycles. The molecule has 0 aliphatic rings. The Morgan fingerprint density at radius 3 is 2.30 bits per heavy atom. The lowest BCUT2D eigenvalue weighted by molar-refractivity contribution is 0.0932. The van der Waals surface area contributed by atoms with E-state index in [2.05, 4.69) is 10.4 Å². The predicted octanol–water partition coefficient (Wildman–Crippen LogP) is 3.67. The molecule has 3 rings (SSSR count). The maximum Gasteiger partial charge on any atom is 0.270 e. The number of hydrogen-bond donors (Lipinski definition) is 1. The van der Waals surface area contributed by atoms with Gasteiger partial charge in [-0.05, 0) is 37.6 Å². The molecule has 23 heavy (non-hydrogen) atoms. The number of aryl methyl sites for hydroxylation is 1. The van der Waals surface area contributed by atoms with Crippen molar-refractivity contribution in [1.82, 2.24) is 15.1 Å². The van der Waals surface area contributed by atoms with Gasteiger partial charge in [-0.25, -0.2) is 4.68 Å². The summed E-state index contributed by atoms with van der Waals surface area (Å²) in [6, 6.07) is 21.3. The van der Waals surface area contributed by atoms with Crippen LogP contribution in [0, 0.1) is 6.92 Å². The number of aromatic nitrogens is 2. The smallest absolute Gasteiger partial charge is 0.270 e. The normalized spacial score (nSPS) is 11.9. The van der Waals surface area contributed by atoms with E-state index in [0.29, 0.717) is 5.69 Å². The van der Waals surface area contributed by atoms with E-state index in [1.807, 2.05) is 74.5 Å². The molecule has 0 bridgehead atoms. The standard InChI is InChI=1S/C19H19N3O/c1-14-13-18(22(21-14)17-11-7-4-8-12-17)19(23)20-15(2)16-9-5-3-6-10-16/h3-13,15H,1-2H3,(H,20,23)/t15-/m0/s1. The molecule has 0 fully saturated rings. The molecule has 0 aliphatic carbocycles. The fraction of sp³-hybridized carbons (Fsp3) is 0.158. The third-order valence-corrected chi connectivity index (χ3v) is 3.71. The molecule has 1 heterocycles. The van der Waals surface area contributed by atoms with Crippen molar-refractivity contribution in [3.8, 4) is 5.69 Å². The van der Waals surface area contributed by atoms with Gasteiger partial charge < -0.3 is 5.32 Å². The number of carbonyl (C=O) groups is 1. The van der Waals surface area contributed by atoms with E-state index < -0.39 is 0 Å². The summed E-state index contributed by atoms with van der Waals surface area (Å²) in [6.07, 6.45) is 0. The van der Waals surface area contributed by atoms with Crippen LogP contribution in [0.2, 0.25) is 0 Å². The van der Waals surface area contributed by atoms with Crippen LogP contribution in [0.3, 0.4) is 0 Å². The van der Waals surface area contributed by atoms with Crippen molar-refractivity contribution >= 4 is 5.91 Å². The van der Waals surface area contributed by atoms with Gasteiger partial charge in [0.2, 0.25) is 0 Å². The molecule has 4 heteroatoms. The van der Waals surface area contributed by atoms with Gasteiger partial charge in [0, 0.05) is 0 Å². The number of amides is 1. The van der Waals surface area contributed by atoms with Crippen LogP contribution in [-0.4, -0.2) is 15.7 Å². The Kier molecular flexibility index (Phi) is 4.24. The first-order chi connectivity index (χ1) is 11.1. The van der Waals surface area contributed by atoms with Crippen LogP contribution in [0.4, 0.5) is 0 Å². The number of para-hydroxylation sites is 1. The first-order valence-corrected chi connectivity index (χ1v) is 7.63. The molecule has 0 aliphatic heterocycles. The molecule has 0 saturated carbocycles. The lowest BCUT2D eigenvalue weighted by Crippen LogP contribution is -2.28. The number of nitrogens with one attached hydrogen (secondary N) is 1. The van der Waals surface area contributed by atoms with Gasteiger partial charge in [-0.15, -0.1) is 0 Å². The molecular formula is C19H19N3O. The molecule has 1 atom stereocenters. The van der Waals surface area contributed by atoms with Crippen LogP contribution in [0.5, 0.6) is 0 Å². The monoisotopic (exact) mass is 305 g/mol. The number of carbonyl (C=O) groups excluding carboxylic acids is 1. The summed E-state index contributed by atoms with van der Waals surface area (Å²) < 4.78 is 1.68. The predicted molar refractivity (Wildman–Crippen MR) is 90.6 cm³/mol. The van der Waals surface area contributed by atoms with Crippen LogP contribution < -0.4 is 5.32 Å². The molecule has 116 valence electrons. The Labute approximate surface area is 135 Å². The van der Waals surface area contributed by atoms with E-state index in [0.717, 1.165) is 16.9 Å². The molecule has 0 unspecified atom stereocenters. The third kappa shape index (κ3) is 3.31. The molecule has 1 amide bonds. The number of rotatable bonds is 4. The number of hydrogen-bond acceptors (Lipinski definition) is 2. The van der Waals surface area contributed by atoms with Crippen LogP contribution in [0.25, 0.3) is 5.69 Å². The highest BCUT2D eigenvalue weighted by Crippen LogP contribution is 2.15. The second kappa shape index (κ2) is 6.48. The highest BCUT2D eigenvalue weighted by atomic mass is 16.2. The molecule has 1 aromatic heterocycles. The van der Waals surface area contributed by atoms with E-state index >= 15 is 0 Å². The molecule has 3 aromatic rings. The van der Waals surface area contributed by atoms with Crippen molar-refractivity contribution in [2.24, 2.45) is 0 Å². The zero-order chi connectivity index (χ0) is 16.2. The van der Waals surface area contributed by atoms with Gasteiger partial charge in [0.1, 0.15) is 5.69 Å². The third-order valence-electron chi connectivity index (χ3n) is 3.71. The number of benzene rings is 2. The summed E-state index contributed by atoms with van der Waals surface area (Å²) in [7, 11) is 0. The second-order valence-electron chi connectivity index (χ2n) is 5.52. The quantitative estimate of drug-likeness (QED) is 0.799. The minimum atomic E-state index is -0.134. The van der Waals surface area contributed by atoms with Gasteiger partial charge in [0.25, 0.3) is 5.91 Å². The molecule has 4 nitrogen and oxygen atoms in total. The minimum absolute atomic E-state index is 0.0665. The molecule has 1 N–H and O–H groups in total. The van der Waals surface area contributed by atoms with Crippen molar-refractivity contribution < 1.29 is 4.79 Å². The van der Waals surface area contributed by atoms with Gasteiger partial charge >= 0.3 is 0 Å². The Bertz CT molecular complexity index is 794. The average Bonchev–Trinajstić information content (AvgIpc) is 2.98. The van der Waals surface area contributed by atoms with Crippen LogP contribution >= 0.6 is 0 Å². The van der Waals surface area contributed by atoms with E-state index in [9.17, 15) is 4.79 Å². The lowest BCUT2D eigenvalue weighted by atomic mass is 10.1. The summed E-state index contributed by atoms with van der Waals surface area (Å²) in [5.41, 5.74) is 3.30. The highest BCUT2D eigenvalue weighted by Gasteiger charge is 2.17. The van der Waals surface area contributed by atoms with Crippen LogP contribution in [-0.2, 0) is 0 Å². The molecular weight excluding hydrogens is 286 g/mol. The zero-order valence-electron chi connectivity index (χ0n) is 13.2. The number of nitrogens with zero attached hydrogens (tertiary/aromatic N) is 2. The summed E-state index contributed by atoms with van der Waals surface area (Å²) >= 11 is 0. The Balaban J connectivity index is 1.86. The minimum Gasteiger partial charge on any atom is -0.344 e. The van der Waals surface area contributed by atoms with Crippen molar-refractivity contribution in [1.29, 1.82) is 0 Å². The first kappa shape index (κ1) is 15.0. The summed E-state index contributed by atoms with van der Waals surface area (Å²) in [5.74, 6) is -0.134. The highest BCUT2D eigenvalue weighted by molar-refractivity contribution is 5.93. The fourth-order valence-corrected chi connectivity index (χ4v) is 2.52. The SMILES string of the molecule is Cc1cc(C(=O)N[C@@H](C)c2ccccc2)n(-c2ccccc2)n1. The summed E-state index contributed by atoms with van der Waals surface area (Å²) in [4.78, 5) is 12.7. The van der Waals surface area contributed by atoms with E-state index in [4.69, 9.17) is 0 Å². The summed E-state index contributed by atoms with van der Waals surface area (Å²) in [5, 5.41) is 7.47. The second-order valence-corrected chi connectivity index (χ2v) is 5.52. The van der Waals surface area contributed by atoms with Gasteiger partial charge in [0.15, 0.2) is 0 Å². The largest absolute Gasteiger partial charge is 0.344 e. The molecule has 0 spiro atoms. The molecule has 0 saturated heterocycles. The van der Waals surface area contributed by atoms with Crippen molar-refractivity contribution in [2.75, 3.05) is 0 Å². The fourth-order valence-electron chi connectivity index (χ4n) is 2.52. The Hall–Kier alpha value is -2.88. The van der Waals surface area contributed by atoms with Gasteiger partial charge in [0.05, 0.1) is 17.4 Å². The Morgan fingerprint density at radius 2 is 1.65 bits per heavy atom. The lowest BCUT2D eigenvalue weighted by Gasteiger charge is -2.15. The topological polar surface area (TPSA) is 46.9 Å². The van der Waals surface area contributed by atoms with E-state index in [1.54, 1.807) is 10.7 Å².